The van der Waals surface area contributed by atoms with Crippen molar-refractivity contribution in [3.05, 3.63) is 41.5 Å². The van der Waals surface area contributed by atoms with Crippen molar-refractivity contribution in [3.63, 3.8) is 0 Å². The Morgan fingerprint density at radius 3 is 2.75 bits per heavy atom. The minimum atomic E-state index is -0.143. The highest BCUT2D eigenvalue weighted by Gasteiger charge is 2.53. The van der Waals surface area contributed by atoms with Crippen molar-refractivity contribution in [1.29, 1.82) is 0 Å². The summed E-state index contributed by atoms with van der Waals surface area (Å²) in [6.45, 7) is 10.9. The monoisotopic (exact) mass is 214 g/mol. The Labute approximate surface area is 97.1 Å². The Hall–Kier alpha value is -1.24. The molecule has 1 heterocycles. The standard InChI is InChI=1S/C15H18O/c1-10-5-6-12-13(9-10)16-15(4)8-7-14(12,3)11(15)2/h5-6,9H,2,7-8H2,1,3-4H3/t14-,15+/m1/s1. The van der Waals surface area contributed by atoms with Crippen LogP contribution in [-0.2, 0) is 5.41 Å². The molecule has 0 N–H and O–H groups in total. The summed E-state index contributed by atoms with van der Waals surface area (Å²) in [6, 6.07) is 6.53. The topological polar surface area (TPSA) is 9.23 Å². The van der Waals surface area contributed by atoms with Crippen LogP contribution in [0.5, 0.6) is 5.75 Å². The van der Waals surface area contributed by atoms with Crippen LogP contribution in [0, 0.1) is 6.92 Å². The van der Waals surface area contributed by atoms with E-state index in [0.29, 0.717) is 0 Å². The van der Waals surface area contributed by atoms with Gasteiger partial charge in [0.05, 0.1) is 0 Å². The van der Waals surface area contributed by atoms with E-state index in [4.69, 9.17) is 4.74 Å². The molecular weight excluding hydrogens is 196 g/mol. The van der Waals surface area contributed by atoms with Crippen molar-refractivity contribution < 1.29 is 4.74 Å². The van der Waals surface area contributed by atoms with Gasteiger partial charge in [0.25, 0.3) is 0 Å². The zero-order chi connectivity index (χ0) is 11.6. The molecule has 1 fully saturated rings. The van der Waals surface area contributed by atoms with Gasteiger partial charge in [-0.2, -0.15) is 0 Å². The second kappa shape index (κ2) is 2.71. The van der Waals surface area contributed by atoms with Crippen molar-refractivity contribution in [3.8, 4) is 5.75 Å². The number of fused-ring (bicyclic) bond motifs is 4. The molecule has 1 aromatic carbocycles. The van der Waals surface area contributed by atoms with Gasteiger partial charge in [-0.15, -0.1) is 0 Å². The maximum absolute atomic E-state index is 6.17. The molecule has 0 spiro atoms. The SMILES string of the molecule is C=C1[C@]2(C)CC[C@@]1(C)c1ccc(C)cc1O2. The maximum atomic E-state index is 6.17. The predicted molar refractivity (Wildman–Crippen MR) is 65.9 cm³/mol. The summed E-state index contributed by atoms with van der Waals surface area (Å²) < 4.78 is 6.17. The molecule has 0 amide bonds. The minimum absolute atomic E-state index is 0.121. The largest absolute Gasteiger partial charge is 0.483 e. The van der Waals surface area contributed by atoms with Crippen LogP contribution in [0.4, 0.5) is 0 Å². The molecule has 2 aliphatic rings. The zero-order valence-corrected chi connectivity index (χ0v) is 10.3. The van der Waals surface area contributed by atoms with Gasteiger partial charge in [0.2, 0.25) is 0 Å². The van der Waals surface area contributed by atoms with Crippen LogP contribution in [-0.4, -0.2) is 5.60 Å². The molecule has 84 valence electrons. The van der Waals surface area contributed by atoms with E-state index in [1.165, 1.54) is 16.7 Å². The molecule has 3 rings (SSSR count). The number of ether oxygens (including phenoxy) is 1. The summed E-state index contributed by atoms with van der Waals surface area (Å²) in [5.41, 5.74) is 3.80. The van der Waals surface area contributed by atoms with E-state index in [2.05, 4.69) is 45.5 Å². The second-order valence-corrected chi connectivity index (χ2v) is 5.64. The third kappa shape index (κ3) is 1.01. The van der Waals surface area contributed by atoms with E-state index in [1.807, 2.05) is 0 Å². The van der Waals surface area contributed by atoms with Crippen LogP contribution in [0.25, 0.3) is 0 Å². The number of hydrogen-bond donors (Lipinski definition) is 0. The van der Waals surface area contributed by atoms with E-state index < -0.39 is 0 Å². The van der Waals surface area contributed by atoms with E-state index in [1.54, 1.807) is 0 Å². The molecule has 1 aliphatic heterocycles. The Kier molecular flexibility index (Phi) is 1.68. The normalized spacial score (nSPS) is 35.8. The zero-order valence-electron chi connectivity index (χ0n) is 10.3. The van der Waals surface area contributed by atoms with E-state index in [0.717, 1.165) is 18.6 Å². The van der Waals surface area contributed by atoms with Crippen molar-refractivity contribution in [1.82, 2.24) is 0 Å². The van der Waals surface area contributed by atoms with Gasteiger partial charge in [0, 0.05) is 11.0 Å². The first-order valence-corrected chi connectivity index (χ1v) is 5.96. The fourth-order valence-electron chi connectivity index (χ4n) is 3.20. The van der Waals surface area contributed by atoms with Crippen molar-refractivity contribution in [2.45, 2.75) is 44.6 Å². The number of hydrogen-bond acceptors (Lipinski definition) is 1. The summed E-state index contributed by atoms with van der Waals surface area (Å²) in [5, 5.41) is 0. The molecule has 0 saturated heterocycles. The van der Waals surface area contributed by atoms with Crippen LogP contribution >= 0.6 is 0 Å². The summed E-state index contributed by atoms with van der Waals surface area (Å²) in [4.78, 5) is 0. The van der Waals surface area contributed by atoms with E-state index in [9.17, 15) is 0 Å². The van der Waals surface area contributed by atoms with Gasteiger partial charge in [-0.3, -0.25) is 0 Å². The van der Waals surface area contributed by atoms with Crippen LogP contribution < -0.4 is 4.74 Å². The minimum Gasteiger partial charge on any atom is -0.483 e. The van der Waals surface area contributed by atoms with Crippen molar-refractivity contribution in [2.75, 3.05) is 0 Å². The van der Waals surface area contributed by atoms with Gasteiger partial charge >= 0.3 is 0 Å². The lowest BCUT2D eigenvalue weighted by atomic mass is 9.74. The molecular formula is C15H18O. The lowest BCUT2D eigenvalue weighted by Gasteiger charge is -2.40. The Morgan fingerprint density at radius 2 is 2.00 bits per heavy atom. The van der Waals surface area contributed by atoms with Gasteiger partial charge in [-0.05, 0) is 43.9 Å². The summed E-state index contributed by atoms with van der Waals surface area (Å²) in [7, 11) is 0. The predicted octanol–water partition coefficient (Wildman–Crippen LogP) is 3.75. The van der Waals surface area contributed by atoms with Crippen LogP contribution in [0.2, 0.25) is 0 Å². The average molecular weight is 214 g/mol. The van der Waals surface area contributed by atoms with Crippen molar-refractivity contribution in [2.24, 2.45) is 0 Å². The van der Waals surface area contributed by atoms with E-state index in [-0.39, 0.29) is 11.0 Å². The molecule has 1 aliphatic carbocycles. The molecule has 0 aromatic heterocycles. The Balaban J connectivity index is 2.26. The molecule has 0 unspecified atom stereocenters. The number of rotatable bonds is 0. The first-order valence-electron chi connectivity index (χ1n) is 5.96. The van der Waals surface area contributed by atoms with Gasteiger partial charge in [-0.25, -0.2) is 0 Å². The molecule has 16 heavy (non-hydrogen) atoms. The number of aryl methyl sites for hydroxylation is 1. The molecule has 1 aromatic rings. The number of benzene rings is 1. The third-order valence-electron chi connectivity index (χ3n) is 4.47. The quantitative estimate of drug-likeness (QED) is 0.598. The second-order valence-electron chi connectivity index (χ2n) is 5.64. The smallest absolute Gasteiger partial charge is 0.128 e. The first-order chi connectivity index (χ1) is 7.46. The molecule has 2 atom stereocenters. The highest BCUT2D eigenvalue weighted by molar-refractivity contribution is 5.54. The fraction of sp³-hybridized carbons (Fsp3) is 0.467. The lowest BCUT2D eigenvalue weighted by molar-refractivity contribution is 0.124. The highest BCUT2D eigenvalue weighted by atomic mass is 16.5. The molecule has 1 heteroatoms. The summed E-state index contributed by atoms with van der Waals surface area (Å²) in [6.07, 6.45) is 2.23. The fourth-order valence-corrected chi connectivity index (χ4v) is 3.20. The van der Waals surface area contributed by atoms with Crippen molar-refractivity contribution >= 4 is 0 Å². The Bertz CT molecular complexity index is 488. The van der Waals surface area contributed by atoms with Gasteiger partial charge in [0.1, 0.15) is 11.4 Å². The molecule has 1 saturated carbocycles. The molecule has 1 nitrogen and oxygen atoms in total. The first kappa shape index (κ1) is 9.95. The maximum Gasteiger partial charge on any atom is 0.128 e. The lowest BCUT2D eigenvalue weighted by Crippen LogP contribution is -2.39. The third-order valence-corrected chi connectivity index (χ3v) is 4.47. The van der Waals surface area contributed by atoms with Gasteiger partial charge < -0.3 is 4.74 Å². The summed E-state index contributed by atoms with van der Waals surface area (Å²) in [5.74, 6) is 1.06. The Morgan fingerprint density at radius 1 is 1.25 bits per heavy atom. The molecule has 2 bridgehead atoms. The van der Waals surface area contributed by atoms with E-state index >= 15 is 0 Å². The van der Waals surface area contributed by atoms with Gasteiger partial charge in [-0.1, -0.05) is 25.6 Å². The summed E-state index contributed by atoms with van der Waals surface area (Å²) >= 11 is 0. The van der Waals surface area contributed by atoms with Crippen LogP contribution in [0.15, 0.2) is 30.4 Å². The highest BCUT2D eigenvalue weighted by Crippen LogP contribution is 2.57. The van der Waals surface area contributed by atoms with Crippen LogP contribution in [0.3, 0.4) is 0 Å². The van der Waals surface area contributed by atoms with Crippen LogP contribution in [0.1, 0.15) is 37.8 Å². The van der Waals surface area contributed by atoms with Gasteiger partial charge in [0.15, 0.2) is 0 Å². The molecule has 0 radical (unpaired) electrons. The average Bonchev–Trinajstić information content (AvgIpc) is 2.40.